The van der Waals surface area contributed by atoms with E-state index >= 15 is 0 Å². The minimum Gasteiger partial charge on any atom is -0.507 e. The Morgan fingerprint density at radius 2 is 1.63 bits per heavy atom. The highest BCUT2D eigenvalue weighted by molar-refractivity contribution is 6.46. The van der Waals surface area contributed by atoms with Gasteiger partial charge in [0.15, 0.2) is 0 Å². The summed E-state index contributed by atoms with van der Waals surface area (Å²) in [5.41, 5.74) is 2.04. The number of rotatable bonds is 5. The molecule has 3 rings (SSSR count). The van der Waals surface area contributed by atoms with Crippen LogP contribution in [0.15, 0.2) is 60.2 Å². The molecule has 27 heavy (non-hydrogen) atoms. The van der Waals surface area contributed by atoms with Crippen molar-refractivity contribution < 1.29 is 24.6 Å². The molecule has 1 aliphatic rings. The van der Waals surface area contributed by atoms with Crippen LogP contribution in [0.2, 0.25) is 0 Å². The first-order chi connectivity index (χ1) is 12.9. The van der Waals surface area contributed by atoms with Crippen LogP contribution in [0.3, 0.4) is 0 Å². The Morgan fingerprint density at radius 3 is 2.22 bits per heavy atom. The third kappa shape index (κ3) is 3.60. The van der Waals surface area contributed by atoms with Gasteiger partial charge in [-0.15, -0.1) is 0 Å². The molecule has 6 heteroatoms. The maximum absolute atomic E-state index is 12.7. The Balaban J connectivity index is 2.14. The second kappa shape index (κ2) is 7.45. The van der Waals surface area contributed by atoms with Gasteiger partial charge in [0.1, 0.15) is 5.76 Å². The predicted octanol–water partition coefficient (Wildman–Crippen LogP) is 2.89. The molecule has 2 aromatic carbocycles. The number of aryl methyl sites for hydroxylation is 1. The monoisotopic (exact) mass is 365 g/mol. The summed E-state index contributed by atoms with van der Waals surface area (Å²) in [6.07, 6.45) is -0.291. The van der Waals surface area contributed by atoms with E-state index in [-0.39, 0.29) is 24.3 Å². The predicted molar refractivity (Wildman–Crippen MR) is 98.9 cm³/mol. The maximum atomic E-state index is 12.7. The number of carboxylic acids is 1. The molecule has 0 aliphatic carbocycles. The Morgan fingerprint density at radius 1 is 1.00 bits per heavy atom. The van der Waals surface area contributed by atoms with Crippen LogP contribution in [-0.2, 0) is 14.4 Å². The van der Waals surface area contributed by atoms with Crippen molar-refractivity contribution in [3.05, 3.63) is 76.9 Å². The molecule has 1 saturated heterocycles. The van der Waals surface area contributed by atoms with Crippen LogP contribution in [0.25, 0.3) is 5.76 Å². The van der Waals surface area contributed by atoms with Crippen molar-refractivity contribution in [1.29, 1.82) is 0 Å². The zero-order valence-corrected chi connectivity index (χ0v) is 14.8. The van der Waals surface area contributed by atoms with Crippen LogP contribution >= 0.6 is 0 Å². The van der Waals surface area contributed by atoms with Gasteiger partial charge in [0.2, 0.25) is 0 Å². The van der Waals surface area contributed by atoms with E-state index in [9.17, 15) is 19.5 Å². The first-order valence-corrected chi connectivity index (χ1v) is 8.52. The SMILES string of the molecule is Cc1ccc([C@@H]2C(=C(O)c3ccccc3)C(=O)C(=O)N2CCC(=O)O)cc1. The van der Waals surface area contributed by atoms with Crippen molar-refractivity contribution in [1.82, 2.24) is 4.90 Å². The first kappa shape index (κ1) is 18.4. The normalized spacial score (nSPS) is 18.7. The molecule has 0 saturated carbocycles. The van der Waals surface area contributed by atoms with Crippen molar-refractivity contribution in [2.45, 2.75) is 19.4 Å². The first-order valence-electron chi connectivity index (χ1n) is 8.52. The lowest BCUT2D eigenvalue weighted by Crippen LogP contribution is -2.31. The van der Waals surface area contributed by atoms with Gasteiger partial charge in [-0.2, -0.15) is 0 Å². The highest BCUT2D eigenvalue weighted by Crippen LogP contribution is 2.39. The number of carboxylic acid groups (broad SMARTS) is 1. The number of likely N-dealkylation sites (tertiary alicyclic amines) is 1. The van der Waals surface area contributed by atoms with Gasteiger partial charge >= 0.3 is 5.97 Å². The van der Waals surface area contributed by atoms with Gasteiger partial charge in [-0.3, -0.25) is 14.4 Å². The average Bonchev–Trinajstić information content (AvgIpc) is 2.91. The number of benzene rings is 2. The number of hydrogen-bond donors (Lipinski definition) is 2. The largest absolute Gasteiger partial charge is 0.507 e. The fourth-order valence-corrected chi connectivity index (χ4v) is 3.17. The average molecular weight is 365 g/mol. The molecule has 6 nitrogen and oxygen atoms in total. The summed E-state index contributed by atoms with van der Waals surface area (Å²) in [7, 11) is 0. The van der Waals surface area contributed by atoms with E-state index < -0.39 is 23.7 Å². The molecule has 138 valence electrons. The number of carbonyl (C=O) groups excluding carboxylic acids is 2. The molecule has 2 aromatic rings. The molecule has 0 unspecified atom stereocenters. The van der Waals surface area contributed by atoms with E-state index in [1.165, 1.54) is 4.90 Å². The van der Waals surface area contributed by atoms with Crippen LogP contribution in [0, 0.1) is 6.92 Å². The summed E-state index contributed by atoms with van der Waals surface area (Å²) in [4.78, 5) is 37.4. The van der Waals surface area contributed by atoms with Gasteiger partial charge in [0, 0.05) is 12.1 Å². The molecule has 0 spiro atoms. The number of aliphatic hydroxyl groups excluding tert-OH is 1. The number of Topliss-reactive ketones (excluding diaryl/α,β-unsaturated/α-hetero) is 1. The molecule has 0 radical (unpaired) electrons. The molecule has 1 heterocycles. The molecular weight excluding hydrogens is 346 g/mol. The zero-order valence-electron chi connectivity index (χ0n) is 14.8. The van der Waals surface area contributed by atoms with Gasteiger partial charge in [0.25, 0.3) is 11.7 Å². The lowest BCUT2D eigenvalue weighted by molar-refractivity contribution is -0.142. The standard InChI is InChI=1S/C21H19NO5/c1-13-7-9-14(10-8-13)18-17(19(25)15-5-3-2-4-6-15)20(26)21(27)22(18)12-11-16(23)24/h2-10,18,25H,11-12H2,1H3,(H,23,24)/t18-/m1/s1. The molecule has 1 fully saturated rings. The van der Waals surface area contributed by atoms with E-state index in [1.807, 2.05) is 19.1 Å². The van der Waals surface area contributed by atoms with Gasteiger partial charge in [0.05, 0.1) is 18.0 Å². The van der Waals surface area contributed by atoms with Crippen molar-refractivity contribution >= 4 is 23.4 Å². The van der Waals surface area contributed by atoms with Gasteiger partial charge in [-0.05, 0) is 12.5 Å². The lowest BCUT2D eigenvalue weighted by Gasteiger charge is -2.24. The summed E-state index contributed by atoms with van der Waals surface area (Å²) in [5.74, 6) is -2.95. The van der Waals surface area contributed by atoms with Crippen molar-refractivity contribution in [3.8, 4) is 0 Å². The number of aliphatic hydroxyl groups is 1. The Hall–Kier alpha value is -3.41. The molecule has 0 bridgehead atoms. The van der Waals surface area contributed by atoms with Crippen LogP contribution in [0.4, 0.5) is 0 Å². The Kier molecular flexibility index (Phi) is 5.07. The highest BCUT2D eigenvalue weighted by atomic mass is 16.4. The summed E-state index contributed by atoms with van der Waals surface area (Å²) < 4.78 is 0. The summed E-state index contributed by atoms with van der Waals surface area (Å²) in [6.45, 7) is 1.79. The third-order valence-corrected chi connectivity index (χ3v) is 4.55. The van der Waals surface area contributed by atoms with Crippen molar-refractivity contribution in [2.24, 2.45) is 0 Å². The third-order valence-electron chi connectivity index (χ3n) is 4.55. The molecule has 2 N–H and O–H groups in total. The number of carbonyl (C=O) groups is 3. The maximum Gasteiger partial charge on any atom is 0.305 e. The van der Waals surface area contributed by atoms with Gasteiger partial charge < -0.3 is 15.1 Å². The Bertz CT molecular complexity index is 915. The van der Waals surface area contributed by atoms with Crippen LogP contribution < -0.4 is 0 Å². The fraction of sp³-hybridized carbons (Fsp3) is 0.190. The van der Waals surface area contributed by atoms with Crippen LogP contribution in [0.5, 0.6) is 0 Å². The smallest absolute Gasteiger partial charge is 0.305 e. The number of aliphatic carboxylic acids is 1. The summed E-state index contributed by atoms with van der Waals surface area (Å²) in [6, 6.07) is 14.9. The van der Waals surface area contributed by atoms with E-state index in [2.05, 4.69) is 0 Å². The van der Waals surface area contributed by atoms with Gasteiger partial charge in [-0.1, -0.05) is 60.2 Å². The van der Waals surface area contributed by atoms with E-state index in [0.717, 1.165) is 5.56 Å². The second-order valence-corrected chi connectivity index (χ2v) is 6.41. The summed E-state index contributed by atoms with van der Waals surface area (Å²) >= 11 is 0. The van der Waals surface area contributed by atoms with Crippen molar-refractivity contribution in [2.75, 3.05) is 6.54 Å². The fourth-order valence-electron chi connectivity index (χ4n) is 3.17. The topological polar surface area (TPSA) is 94.9 Å². The number of nitrogens with zero attached hydrogens (tertiary/aromatic N) is 1. The van der Waals surface area contributed by atoms with E-state index in [1.54, 1.807) is 42.5 Å². The Labute approximate surface area is 156 Å². The molecular formula is C21H19NO5. The summed E-state index contributed by atoms with van der Waals surface area (Å²) in [5, 5.41) is 19.7. The van der Waals surface area contributed by atoms with E-state index in [0.29, 0.717) is 11.1 Å². The van der Waals surface area contributed by atoms with E-state index in [4.69, 9.17) is 5.11 Å². The highest BCUT2D eigenvalue weighted by Gasteiger charge is 2.45. The molecule has 0 aromatic heterocycles. The molecule has 1 atom stereocenters. The van der Waals surface area contributed by atoms with Crippen molar-refractivity contribution in [3.63, 3.8) is 0 Å². The minimum atomic E-state index is -1.07. The quantitative estimate of drug-likeness (QED) is 0.483. The minimum absolute atomic E-state index is 0.0274. The number of hydrogen-bond acceptors (Lipinski definition) is 4. The number of amides is 1. The molecule has 1 aliphatic heterocycles. The zero-order chi connectivity index (χ0) is 19.6. The number of ketones is 1. The van der Waals surface area contributed by atoms with Crippen LogP contribution in [0.1, 0.15) is 29.2 Å². The van der Waals surface area contributed by atoms with Crippen LogP contribution in [-0.4, -0.2) is 39.3 Å². The second-order valence-electron chi connectivity index (χ2n) is 6.41. The van der Waals surface area contributed by atoms with Gasteiger partial charge in [-0.25, -0.2) is 0 Å². The molecule has 1 amide bonds. The lowest BCUT2D eigenvalue weighted by atomic mass is 9.94.